The van der Waals surface area contributed by atoms with Gasteiger partial charge in [0.1, 0.15) is 13.2 Å². The Bertz CT molecular complexity index is 1150. The average Bonchev–Trinajstić information content (AvgIpc) is 3.28. The van der Waals surface area contributed by atoms with Crippen LogP contribution >= 0.6 is 0 Å². The monoisotopic (exact) mass is 881 g/mol. The van der Waals surface area contributed by atoms with E-state index in [1.165, 1.54) is 141 Å². The SMILES string of the molecule is CC/C=C/C=C/C=C/C=C/CCCCCC(=O)OC(COC(=O)CCCCC/C=C/CCCCCCCC)COC(=O)CCCCCCCCCCCCCCCCCCCCC. The second kappa shape index (κ2) is 51.7. The molecule has 6 heteroatoms. The molecule has 0 aromatic carbocycles. The van der Waals surface area contributed by atoms with Crippen LogP contribution in [0.5, 0.6) is 0 Å². The van der Waals surface area contributed by atoms with E-state index in [1.54, 1.807) is 0 Å². The number of ether oxygens (including phenoxy) is 3. The van der Waals surface area contributed by atoms with Gasteiger partial charge in [0.25, 0.3) is 0 Å². The molecule has 0 N–H and O–H groups in total. The van der Waals surface area contributed by atoms with Crippen molar-refractivity contribution in [2.45, 2.75) is 271 Å². The van der Waals surface area contributed by atoms with Crippen LogP contribution in [0.1, 0.15) is 265 Å². The highest BCUT2D eigenvalue weighted by Gasteiger charge is 2.19. The molecule has 0 aliphatic heterocycles. The van der Waals surface area contributed by atoms with Gasteiger partial charge < -0.3 is 14.2 Å². The lowest BCUT2D eigenvalue weighted by Crippen LogP contribution is -2.30. The Morgan fingerprint density at radius 2 is 0.635 bits per heavy atom. The van der Waals surface area contributed by atoms with Crippen molar-refractivity contribution < 1.29 is 28.6 Å². The maximum atomic E-state index is 12.8. The molecule has 0 heterocycles. The Hall–Kier alpha value is -2.89. The first-order valence-electron chi connectivity index (χ1n) is 26.8. The van der Waals surface area contributed by atoms with E-state index in [2.05, 4.69) is 45.1 Å². The van der Waals surface area contributed by atoms with E-state index in [4.69, 9.17) is 14.2 Å². The van der Waals surface area contributed by atoms with Crippen LogP contribution in [0, 0.1) is 0 Å². The van der Waals surface area contributed by atoms with Gasteiger partial charge in [-0.25, -0.2) is 0 Å². The predicted octanol–water partition coefficient (Wildman–Crippen LogP) is 17.6. The zero-order chi connectivity index (χ0) is 45.8. The van der Waals surface area contributed by atoms with E-state index in [0.29, 0.717) is 12.8 Å². The summed E-state index contributed by atoms with van der Waals surface area (Å²) in [5.41, 5.74) is 0. The molecular formula is C57H100O6. The minimum absolute atomic E-state index is 0.0928. The van der Waals surface area contributed by atoms with Crippen molar-refractivity contribution in [3.63, 3.8) is 0 Å². The summed E-state index contributed by atoms with van der Waals surface area (Å²) in [6.45, 7) is 6.46. The standard InChI is InChI=1S/C57H100O6/c1-4-7-10-13-16-19-22-25-26-27-28-29-30-33-35-38-41-44-47-50-56(59)62-53-54(63-57(60)51-48-45-42-39-36-32-24-21-18-15-12-9-6-3)52-61-55(58)49-46-43-40-37-34-31-23-20-17-14-11-8-5-2/h9,12,15,18,21,24,31-32,34,36,54H,4-8,10-11,13-14,16-17,19-20,22-23,25-30,33,35,37-53H2,1-3H3/b12-9+,18-15+,24-21+,34-31+,36-32+. The highest BCUT2D eigenvalue weighted by Crippen LogP contribution is 2.16. The van der Waals surface area contributed by atoms with Gasteiger partial charge in [-0.05, 0) is 64.2 Å². The molecule has 0 saturated heterocycles. The largest absolute Gasteiger partial charge is 0.462 e. The van der Waals surface area contributed by atoms with Crippen LogP contribution in [0.3, 0.4) is 0 Å². The van der Waals surface area contributed by atoms with Crippen molar-refractivity contribution in [1.29, 1.82) is 0 Å². The summed E-state index contributed by atoms with van der Waals surface area (Å²) in [6.07, 6.45) is 63.6. The second-order valence-corrected chi connectivity index (χ2v) is 17.9. The maximum Gasteiger partial charge on any atom is 0.306 e. The summed E-state index contributed by atoms with van der Waals surface area (Å²) in [5, 5.41) is 0. The molecule has 0 saturated carbocycles. The molecule has 0 aromatic heterocycles. The molecule has 0 aromatic rings. The Morgan fingerprint density at radius 3 is 1.03 bits per heavy atom. The quantitative estimate of drug-likeness (QED) is 0.0199. The molecule has 63 heavy (non-hydrogen) atoms. The molecule has 0 rings (SSSR count). The van der Waals surface area contributed by atoms with Gasteiger partial charge in [-0.15, -0.1) is 0 Å². The van der Waals surface area contributed by atoms with E-state index >= 15 is 0 Å². The Morgan fingerprint density at radius 1 is 0.333 bits per heavy atom. The first-order chi connectivity index (χ1) is 31.0. The lowest BCUT2D eigenvalue weighted by molar-refractivity contribution is -0.167. The summed E-state index contributed by atoms with van der Waals surface area (Å²) < 4.78 is 16.8. The van der Waals surface area contributed by atoms with Crippen molar-refractivity contribution in [2.24, 2.45) is 0 Å². The number of carbonyl (C=O) groups excluding carboxylic acids is 3. The summed E-state index contributed by atoms with van der Waals surface area (Å²) in [7, 11) is 0. The number of esters is 3. The van der Waals surface area contributed by atoms with Gasteiger partial charge in [0.05, 0.1) is 0 Å². The molecule has 0 fully saturated rings. The van der Waals surface area contributed by atoms with Crippen LogP contribution in [0.2, 0.25) is 0 Å². The van der Waals surface area contributed by atoms with E-state index in [0.717, 1.165) is 83.5 Å². The molecule has 364 valence electrons. The molecule has 1 atom stereocenters. The number of hydrogen-bond donors (Lipinski definition) is 0. The molecule has 0 spiro atoms. The lowest BCUT2D eigenvalue weighted by Gasteiger charge is -2.18. The number of hydrogen-bond acceptors (Lipinski definition) is 6. The van der Waals surface area contributed by atoms with Gasteiger partial charge >= 0.3 is 17.9 Å². The van der Waals surface area contributed by atoms with Crippen LogP contribution in [0.25, 0.3) is 0 Å². The van der Waals surface area contributed by atoms with Gasteiger partial charge in [0.2, 0.25) is 0 Å². The van der Waals surface area contributed by atoms with E-state index in [1.807, 2.05) is 36.5 Å². The fourth-order valence-corrected chi connectivity index (χ4v) is 7.57. The number of unbranched alkanes of at least 4 members (excludes halogenated alkanes) is 30. The summed E-state index contributed by atoms with van der Waals surface area (Å²) in [4.78, 5) is 38.0. The minimum atomic E-state index is -0.798. The van der Waals surface area contributed by atoms with Gasteiger partial charge in [0, 0.05) is 19.3 Å². The van der Waals surface area contributed by atoms with E-state index in [-0.39, 0.29) is 37.5 Å². The van der Waals surface area contributed by atoms with Crippen molar-refractivity contribution in [2.75, 3.05) is 13.2 Å². The molecule has 0 aliphatic rings. The topological polar surface area (TPSA) is 78.9 Å². The Kier molecular flexibility index (Phi) is 49.4. The number of rotatable bonds is 48. The van der Waals surface area contributed by atoms with Crippen molar-refractivity contribution in [3.8, 4) is 0 Å². The fourth-order valence-electron chi connectivity index (χ4n) is 7.57. The van der Waals surface area contributed by atoms with Crippen molar-refractivity contribution in [3.05, 3.63) is 60.8 Å². The molecule has 6 nitrogen and oxygen atoms in total. The molecule has 1 unspecified atom stereocenters. The van der Waals surface area contributed by atoms with Crippen molar-refractivity contribution in [1.82, 2.24) is 0 Å². The van der Waals surface area contributed by atoms with Gasteiger partial charge in [-0.2, -0.15) is 0 Å². The third-order valence-corrected chi connectivity index (χ3v) is 11.6. The van der Waals surface area contributed by atoms with Crippen LogP contribution < -0.4 is 0 Å². The van der Waals surface area contributed by atoms with Gasteiger partial charge in [-0.3, -0.25) is 14.4 Å². The third kappa shape index (κ3) is 50.0. The predicted molar refractivity (Wildman–Crippen MR) is 270 cm³/mol. The van der Waals surface area contributed by atoms with Crippen LogP contribution in [0.4, 0.5) is 0 Å². The van der Waals surface area contributed by atoms with Gasteiger partial charge in [-0.1, -0.05) is 242 Å². The third-order valence-electron chi connectivity index (χ3n) is 11.6. The molecule has 0 aliphatic carbocycles. The van der Waals surface area contributed by atoms with Crippen molar-refractivity contribution >= 4 is 17.9 Å². The highest BCUT2D eigenvalue weighted by molar-refractivity contribution is 5.71. The second-order valence-electron chi connectivity index (χ2n) is 17.9. The summed E-state index contributed by atoms with van der Waals surface area (Å²) >= 11 is 0. The average molecular weight is 881 g/mol. The molecule has 0 amide bonds. The van der Waals surface area contributed by atoms with E-state index in [9.17, 15) is 14.4 Å². The van der Waals surface area contributed by atoms with E-state index < -0.39 is 6.10 Å². The summed E-state index contributed by atoms with van der Waals surface area (Å²) in [6, 6.07) is 0. The van der Waals surface area contributed by atoms with Crippen LogP contribution in [-0.2, 0) is 28.6 Å². The number of carbonyl (C=O) groups is 3. The lowest BCUT2D eigenvalue weighted by atomic mass is 10.0. The minimum Gasteiger partial charge on any atom is -0.462 e. The molecular weight excluding hydrogens is 781 g/mol. The molecule has 0 radical (unpaired) electrons. The fraction of sp³-hybridized carbons (Fsp3) is 0.772. The number of allylic oxidation sites excluding steroid dienone is 10. The maximum absolute atomic E-state index is 12.8. The summed E-state index contributed by atoms with van der Waals surface area (Å²) in [5.74, 6) is -0.942. The Balaban J connectivity index is 4.37. The van der Waals surface area contributed by atoms with Crippen LogP contribution in [-0.4, -0.2) is 37.2 Å². The van der Waals surface area contributed by atoms with Gasteiger partial charge in [0.15, 0.2) is 6.10 Å². The first-order valence-corrected chi connectivity index (χ1v) is 26.8. The van der Waals surface area contributed by atoms with Crippen LogP contribution in [0.15, 0.2) is 60.8 Å². The first kappa shape index (κ1) is 60.1. The highest BCUT2D eigenvalue weighted by atomic mass is 16.6. The Labute approximate surface area is 390 Å². The zero-order valence-corrected chi connectivity index (χ0v) is 41.6. The normalized spacial score (nSPS) is 12.5. The smallest absolute Gasteiger partial charge is 0.306 e. The molecule has 0 bridgehead atoms. The zero-order valence-electron chi connectivity index (χ0n) is 41.6.